The number of hydrogen-bond donors (Lipinski definition) is 3. The first-order chi connectivity index (χ1) is 12.1. The summed E-state index contributed by atoms with van der Waals surface area (Å²) in [5.74, 6) is -0.311. The zero-order valence-corrected chi connectivity index (χ0v) is 15.3. The van der Waals surface area contributed by atoms with Crippen molar-refractivity contribution in [3.05, 3.63) is 69.8 Å². The second-order valence-electron chi connectivity index (χ2n) is 5.54. The van der Waals surface area contributed by atoms with Gasteiger partial charge in [0.05, 0.1) is 4.92 Å². The van der Waals surface area contributed by atoms with Crippen molar-refractivity contribution in [3.63, 3.8) is 0 Å². The molecule has 0 aliphatic heterocycles. The van der Waals surface area contributed by atoms with E-state index >= 15 is 0 Å². The maximum atomic E-state index is 12.1. The lowest BCUT2D eigenvalue weighted by Crippen LogP contribution is -2.26. The third kappa shape index (κ3) is 6.34. The highest BCUT2D eigenvalue weighted by Gasteiger charge is 2.17. The lowest BCUT2D eigenvalue weighted by Gasteiger charge is -2.09. The van der Waals surface area contributed by atoms with E-state index in [1.54, 1.807) is 12.1 Å². The van der Waals surface area contributed by atoms with Crippen molar-refractivity contribution < 1.29 is 9.72 Å². The molecule has 0 aliphatic carbocycles. The van der Waals surface area contributed by atoms with Crippen LogP contribution in [0.1, 0.15) is 22.3 Å². The summed E-state index contributed by atoms with van der Waals surface area (Å²) in [4.78, 5) is 23.0. The summed E-state index contributed by atoms with van der Waals surface area (Å²) in [6.07, 6.45) is 0.793. The molecule has 1 amide bonds. The molecule has 0 bridgehead atoms. The number of anilines is 1. The molecule has 140 valence electrons. The largest absolute Gasteiger partial charge is 0.375 e. The minimum atomic E-state index is -0.481. The van der Waals surface area contributed by atoms with Crippen LogP contribution in [0.3, 0.4) is 0 Å². The van der Waals surface area contributed by atoms with E-state index in [-0.39, 0.29) is 29.6 Å². The highest BCUT2D eigenvalue weighted by molar-refractivity contribution is 5.95. The minimum absolute atomic E-state index is 0. The van der Waals surface area contributed by atoms with Crippen molar-refractivity contribution in [2.45, 2.75) is 13.0 Å². The van der Waals surface area contributed by atoms with Crippen LogP contribution in [0.15, 0.2) is 48.5 Å². The van der Waals surface area contributed by atoms with Gasteiger partial charge in [0.25, 0.3) is 11.6 Å². The summed E-state index contributed by atoms with van der Waals surface area (Å²) >= 11 is 0. The van der Waals surface area contributed by atoms with Crippen LogP contribution >= 0.6 is 12.4 Å². The first-order valence-corrected chi connectivity index (χ1v) is 8.11. The molecular formula is C18H23ClN4O3. The van der Waals surface area contributed by atoms with Crippen LogP contribution < -0.4 is 16.0 Å². The Bertz CT molecular complexity index is 726. The van der Waals surface area contributed by atoms with E-state index in [0.717, 1.165) is 18.5 Å². The number of hydrogen-bond acceptors (Lipinski definition) is 5. The predicted octanol–water partition coefficient (Wildman–Crippen LogP) is 2.97. The summed E-state index contributed by atoms with van der Waals surface area (Å²) in [5.41, 5.74) is 1.57. The van der Waals surface area contributed by atoms with E-state index < -0.39 is 4.92 Å². The molecule has 0 atom stereocenters. The van der Waals surface area contributed by atoms with E-state index in [1.165, 1.54) is 6.07 Å². The molecule has 0 saturated carbocycles. The van der Waals surface area contributed by atoms with Crippen LogP contribution in [0.4, 0.5) is 11.4 Å². The topological polar surface area (TPSA) is 96.3 Å². The number of nitrogens with one attached hydrogen (secondary N) is 3. The number of halogens is 1. The molecule has 0 spiro atoms. The molecule has 0 aliphatic rings. The number of nitrogens with zero attached hydrogens (tertiary/aromatic N) is 1. The molecule has 26 heavy (non-hydrogen) atoms. The Hall–Kier alpha value is -2.64. The molecule has 7 nitrogen and oxygen atoms in total. The van der Waals surface area contributed by atoms with Crippen LogP contribution in [0.25, 0.3) is 0 Å². The number of nitro groups is 1. The summed E-state index contributed by atoms with van der Waals surface area (Å²) in [6, 6.07) is 14.1. The zero-order valence-electron chi connectivity index (χ0n) is 14.5. The highest BCUT2D eigenvalue weighted by Crippen LogP contribution is 2.26. The Balaban J connectivity index is 0.00000338. The van der Waals surface area contributed by atoms with Crippen molar-refractivity contribution in [2.24, 2.45) is 0 Å². The lowest BCUT2D eigenvalue weighted by atomic mass is 10.1. The number of benzene rings is 2. The molecule has 2 aromatic carbocycles. The summed E-state index contributed by atoms with van der Waals surface area (Å²) < 4.78 is 0. The summed E-state index contributed by atoms with van der Waals surface area (Å²) in [5, 5.41) is 20.1. The van der Waals surface area contributed by atoms with Gasteiger partial charge < -0.3 is 16.0 Å². The smallest absolute Gasteiger partial charge is 0.293 e. The molecule has 0 radical (unpaired) electrons. The number of rotatable bonds is 9. The fourth-order valence-corrected chi connectivity index (χ4v) is 2.34. The van der Waals surface area contributed by atoms with Gasteiger partial charge in [-0.05, 0) is 37.7 Å². The third-order valence-corrected chi connectivity index (χ3v) is 3.67. The molecule has 0 saturated heterocycles. The minimum Gasteiger partial charge on any atom is -0.375 e. The molecule has 0 fully saturated rings. The molecule has 0 heterocycles. The number of nitro benzene ring substituents is 1. The van der Waals surface area contributed by atoms with Crippen molar-refractivity contribution in [1.29, 1.82) is 0 Å². The average molecular weight is 379 g/mol. The van der Waals surface area contributed by atoms with Gasteiger partial charge in [-0.15, -0.1) is 12.4 Å². The Morgan fingerprint density at radius 3 is 2.50 bits per heavy atom. The summed E-state index contributed by atoms with van der Waals surface area (Å²) in [7, 11) is 1.84. The van der Waals surface area contributed by atoms with Crippen molar-refractivity contribution in [3.8, 4) is 0 Å². The van der Waals surface area contributed by atoms with Gasteiger partial charge in [-0.1, -0.05) is 30.3 Å². The first kappa shape index (κ1) is 21.4. The standard InChI is InChI=1S/C18H22N4O3.ClH/c1-19-10-5-11-20-18(23)15-8-9-16(17(12-15)22(24)25)21-13-14-6-3-2-4-7-14;/h2-4,6-9,12,19,21H,5,10-11,13H2,1H3,(H,20,23);1H. The second-order valence-corrected chi connectivity index (χ2v) is 5.54. The van der Waals surface area contributed by atoms with Gasteiger partial charge in [0.2, 0.25) is 0 Å². The van der Waals surface area contributed by atoms with Gasteiger partial charge in [0.15, 0.2) is 0 Å². The number of amides is 1. The quantitative estimate of drug-likeness (QED) is 0.354. The number of carbonyl (C=O) groups is 1. The van der Waals surface area contributed by atoms with Crippen molar-refractivity contribution in [2.75, 3.05) is 25.5 Å². The van der Waals surface area contributed by atoms with Gasteiger partial charge in [0.1, 0.15) is 5.69 Å². The molecule has 2 aromatic rings. The van der Waals surface area contributed by atoms with Crippen LogP contribution in [0.2, 0.25) is 0 Å². The second kappa shape index (κ2) is 11.1. The van der Waals surface area contributed by atoms with E-state index in [0.29, 0.717) is 18.8 Å². The Kier molecular flexibility index (Phi) is 9.11. The third-order valence-electron chi connectivity index (χ3n) is 3.67. The Labute approximate surface area is 158 Å². The normalized spacial score (nSPS) is 9.88. The molecular weight excluding hydrogens is 356 g/mol. The van der Waals surface area contributed by atoms with E-state index in [4.69, 9.17) is 0 Å². The van der Waals surface area contributed by atoms with Crippen molar-refractivity contribution >= 4 is 29.7 Å². The molecule has 0 unspecified atom stereocenters. The SMILES string of the molecule is CNCCCNC(=O)c1ccc(NCc2ccccc2)c([N+](=O)[O-])c1.Cl. The monoisotopic (exact) mass is 378 g/mol. The van der Waals surface area contributed by atoms with Gasteiger partial charge >= 0.3 is 0 Å². The molecule has 8 heteroatoms. The first-order valence-electron chi connectivity index (χ1n) is 8.11. The Morgan fingerprint density at radius 1 is 1.12 bits per heavy atom. The van der Waals surface area contributed by atoms with Gasteiger partial charge in [-0.3, -0.25) is 14.9 Å². The van der Waals surface area contributed by atoms with Gasteiger partial charge in [0, 0.05) is 24.7 Å². The van der Waals surface area contributed by atoms with E-state index in [1.807, 2.05) is 37.4 Å². The average Bonchev–Trinajstić information content (AvgIpc) is 2.64. The lowest BCUT2D eigenvalue weighted by molar-refractivity contribution is -0.384. The van der Waals surface area contributed by atoms with Gasteiger partial charge in [-0.2, -0.15) is 0 Å². The van der Waals surface area contributed by atoms with Crippen molar-refractivity contribution in [1.82, 2.24) is 10.6 Å². The summed E-state index contributed by atoms with van der Waals surface area (Å²) in [6.45, 7) is 1.78. The molecule has 0 aromatic heterocycles. The van der Waals surface area contributed by atoms with Gasteiger partial charge in [-0.25, -0.2) is 0 Å². The number of carbonyl (C=O) groups excluding carboxylic acids is 1. The van der Waals surface area contributed by atoms with Crippen LogP contribution in [-0.4, -0.2) is 31.0 Å². The van der Waals surface area contributed by atoms with Crippen LogP contribution in [0.5, 0.6) is 0 Å². The van der Waals surface area contributed by atoms with Crippen LogP contribution in [-0.2, 0) is 6.54 Å². The maximum absolute atomic E-state index is 12.1. The van der Waals surface area contributed by atoms with E-state index in [2.05, 4.69) is 16.0 Å². The zero-order chi connectivity index (χ0) is 18.1. The predicted molar refractivity (Wildman–Crippen MR) is 105 cm³/mol. The highest BCUT2D eigenvalue weighted by atomic mass is 35.5. The Morgan fingerprint density at radius 2 is 1.85 bits per heavy atom. The van der Waals surface area contributed by atoms with Crippen LogP contribution in [0, 0.1) is 10.1 Å². The van der Waals surface area contributed by atoms with E-state index in [9.17, 15) is 14.9 Å². The fourth-order valence-electron chi connectivity index (χ4n) is 2.34. The maximum Gasteiger partial charge on any atom is 0.293 e. The fraction of sp³-hybridized carbons (Fsp3) is 0.278. The molecule has 2 rings (SSSR count). The molecule has 3 N–H and O–H groups in total.